The molecule has 0 unspecified atom stereocenters. The van der Waals surface area contributed by atoms with Gasteiger partial charge in [-0.1, -0.05) is 115 Å². The lowest BCUT2D eigenvalue weighted by Crippen LogP contribution is -2.26. The topological polar surface area (TPSA) is 414 Å². The van der Waals surface area contributed by atoms with Gasteiger partial charge in [-0.2, -0.15) is 40.3 Å². The number of fused-ring (bicyclic) bond motifs is 8. The van der Waals surface area contributed by atoms with Gasteiger partial charge in [0, 0.05) is 146 Å². The van der Waals surface area contributed by atoms with E-state index in [4.69, 9.17) is 34.7 Å². The summed E-state index contributed by atoms with van der Waals surface area (Å²) in [6.07, 6.45) is 23.6. The number of rotatable bonds is 20. The number of aromatic nitrogens is 24. The number of anilines is 6. The van der Waals surface area contributed by atoms with Crippen LogP contribution < -0.4 is 55.0 Å². The Balaban J connectivity index is 0.000000115. The van der Waals surface area contributed by atoms with Crippen molar-refractivity contribution in [3.8, 4) is 61.6 Å². The minimum Gasteiger partial charge on any atom is -0.368 e. The lowest BCUT2D eigenvalue weighted by molar-refractivity contribution is 0.636. The fourth-order valence-electron chi connectivity index (χ4n) is 19.0. The molecule has 1 aliphatic carbocycles. The highest BCUT2D eigenvalue weighted by atomic mass is 35.5. The van der Waals surface area contributed by atoms with Crippen LogP contribution in [0.5, 0.6) is 0 Å². The van der Waals surface area contributed by atoms with Crippen molar-refractivity contribution in [2.75, 3.05) is 32.7 Å². The number of benzene rings is 7. The molecule has 7 aromatic carbocycles. The molecule has 0 spiro atoms. The van der Waals surface area contributed by atoms with E-state index in [-0.39, 0.29) is 74.9 Å². The van der Waals surface area contributed by atoms with Crippen molar-refractivity contribution in [2.24, 2.45) is 28.2 Å². The number of hydrogen-bond acceptors (Lipinski definition) is 26. The highest BCUT2D eigenvalue weighted by Gasteiger charge is 2.32. The summed E-state index contributed by atoms with van der Waals surface area (Å²) in [5, 5.41) is 37.3. The first kappa shape index (κ1) is 94.8. The molecule has 23 aromatic rings. The standard InChI is InChI=1S/C29H24ClN7O.C29H26N8O.C28H24N8O.C25H22ClN7O/c2*1-17-7-4-9-21(13-17)37-24(18(2)33-27-26-23(11-6-12-31-26)34-29(30)35-27)14-19-8-5-10-22(25(19)28(37)38)20-15-32-36(3)16-20;1-17(32-26-25-22(12-7-13-30-25)33-28(29)34-26)23-14-18-8-6-11-21(19-15-31-35(2)16-19)24(18)27(37)36(23)20-9-4-3-5-10-20;1-14(29-23-22-19(7-4-10-27-22)30-25(26)31-23)20-11-15-5-3-6-18(16-12-28-32(2)13-16)21(15)24(34)33(20)17-8-9-17/h4-16,18H,1-3H3,(H,33,34,35);4-16,18H,1-3H3,(H3,30,33,34,35);3-17H,1-2H3,(H3,29,32,33,34);3-7,10-14,17H,8-9H2,1-2H3,(H,29,30,31)/t2*18-;17-;14-/m0000/s1. The average molecular weight is 1990 g/mol. The Bertz CT molecular complexity index is 9080. The van der Waals surface area contributed by atoms with Gasteiger partial charge in [0.2, 0.25) is 22.5 Å². The number of halogens is 2. The molecular formula is C111H96Cl2N30O4. The largest absolute Gasteiger partial charge is 0.368 e. The van der Waals surface area contributed by atoms with E-state index < -0.39 is 0 Å². The molecule has 728 valence electrons. The maximum absolute atomic E-state index is 14.3. The van der Waals surface area contributed by atoms with E-state index in [1.807, 2.05) is 287 Å². The highest BCUT2D eigenvalue weighted by molar-refractivity contribution is 6.29. The molecule has 34 nitrogen and oxygen atoms in total. The predicted octanol–water partition coefficient (Wildman–Crippen LogP) is 20.0. The van der Waals surface area contributed by atoms with Crippen molar-refractivity contribution in [3.63, 3.8) is 0 Å². The van der Waals surface area contributed by atoms with Gasteiger partial charge in [-0.25, -0.2) is 19.9 Å². The zero-order valence-corrected chi connectivity index (χ0v) is 82.9. The lowest BCUT2D eigenvalue weighted by Gasteiger charge is -2.22. The van der Waals surface area contributed by atoms with Crippen LogP contribution in [-0.2, 0) is 28.2 Å². The maximum Gasteiger partial charge on any atom is 0.263 e. The average Bonchev–Trinajstić information content (AvgIpc) is 1.74. The minimum absolute atomic E-state index is 0.0202. The molecule has 0 aliphatic heterocycles. The van der Waals surface area contributed by atoms with Crippen molar-refractivity contribution in [3.05, 3.63) is 385 Å². The molecule has 8 N–H and O–H groups in total. The molecule has 0 saturated heterocycles. The molecule has 1 fully saturated rings. The molecule has 4 atom stereocenters. The Morgan fingerprint density at radius 3 is 0.932 bits per heavy atom. The van der Waals surface area contributed by atoms with Crippen LogP contribution in [0.3, 0.4) is 0 Å². The van der Waals surface area contributed by atoms with Crippen molar-refractivity contribution < 1.29 is 0 Å². The van der Waals surface area contributed by atoms with Crippen LogP contribution in [0.15, 0.2) is 318 Å². The van der Waals surface area contributed by atoms with Gasteiger partial charge in [-0.15, -0.1) is 0 Å². The molecule has 147 heavy (non-hydrogen) atoms. The Hall–Kier alpha value is -18.4. The summed E-state index contributed by atoms with van der Waals surface area (Å²) in [7, 11) is 7.47. The molecule has 0 amide bonds. The number of pyridine rings is 8. The molecule has 16 aromatic heterocycles. The monoisotopic (exact) mass is 1980 g/mol. The third kappa shape index (κ3) is 19.1. The number of nitrogens with one attached hydrogen (secondary N) is 4. The van der Waals surface area contributed by atoms with Crippen LogP contribution in [0.1, 0.15) is 105 Å². The second kappa shape index (κ2) is 39.8. The predicted molar refractivity (Wildman–Crippen MR) is 580 cm³/mol. The van der Waals surface area contributed by atoms with Crippen molar-refractivity contribution >= 4 is 146 Å². The van der Waals surface area contributed by atoms with Crippen LogP contribution in [0.25, 0.3) is 149 Å². The zero-order valence-electron chi connectivity index (χ0n) is 81.4. The highest BCUT2D eigenvalue weighted by Crippen LogP contribution is 2.42. The summed E-state index contributed by atoms with van der Waals surface area (Å²) in [4.78, 5) is 109. The summed E-state index contributed by atoms with van der Waals surface area (Å²) in [5.74, 6) is 2.36. The maximum atomic E-state index is 14.3. The van der Waals surface area contributed by atoms with Crippen molar-refractivity contribution in [1.82, 2.24) is 117 Å². The summed E-state index contributed by atoms with van der Waals surface area (Å²) >= 11 is 12.4. The Morgan fingerprint density at radius 2 is 0.612 bits per heavy atom. The van der Waals surface area contributed by atoms with Crippen LogP contribution >= 0.6 is 23.2 Å². The molecule has 1 aliphatic rings. The van der Waals surface area contributed by atoms with E-state index in [0.29, 0.717) is 83.6 Å². The summed E-state index contributed by atoms with van der Waals surface area (Å²) in [6.45, 7) is 12.0. The van der Waals surface area contributed by atoms with Gasteiger partial charge < -0.3 is 37.3 Å². The van der Waals surface area contributed by atoms with E-state index >= 15 is 0 Å². The van der Waals surface area contributed by atoms with Crippen molar-refractivity contribution in [2.45, 2.75) is 84.6 Å². The van der Waals surface area contributed by atoms with Gasteiger partial charge >= 0.3 is 0 Å². The van der Waals surface area contributed by atoms with Gasteiger partial charge in [0.15, 0.2) is 23.3 Å². The first-order valence-corrected chi connectivity index (χ1v) is 48.3. The normalized spacial score (nSPS) is 12.7. The van der Waals surface area contributed by atoms with E-state index in [2.05, 4.69) is 120 Å². The Kier molecular flexibility index (Phi) is 25.7. The smallest absolute Gasteiger partial charge is 0.263 e. The number of nitrogens with zero attached hydrogens (tertiary/aromatic N) is 24. The quantitative estimate of drug-likeness (QED) is 0.0386. The molecule has 16 heterocycles. The summed E-state index contributed by atoms with van der Waals surface area (Å²) in [5.41, 5.74) is 31.4. The number of hydrogen-bond donors (Lipinski definition) is 6. The number of nitrogen functional groups attached to an aromatic ring is 2. The fourth-order valence-corrected chi connectivity index (χ4v) is 19.4. The first-order valence-electron chi connectivity index (χ1n) is 47.6. The first-order chi connectivity index (χ1) is 71.3. The molecule has 0 radical (unpaired) electrons. The lowest BCUT2D eigenvalue weighted by atomic mass is 9.99. The third-order valence-electron chi connectivity index (χ3n) is 25.8. The van der Waals surface area contributed by atoms with Crippen LogP contribution in [0.2, 0.25) is 10.6 Å². The number of aryl methyl sites for hydroxylation is 6. The third-order valence-corrected chi connectivity index (χ3v) is 26.2. The van der Waals surface area contributed by atoms with Gasteiger partial charge in [0.05, 0.1) is 92.6 Å². The summed E-state index contributed by atoms with van der Waals surface area (Å²) < 4.78 is 14.2. The molecule has 36 heteroatoms. The van der Waals surface area contributed by atoms with E-state index in [1.165, 1.54) is 0 Å². The van der Waals surface area contributed by atoms with Crippen LogP contribution in [-0.4, -0.2) is 117 Å². The van der Waals surface area contributed by atoms with Gasteiger partial charge in [-0.3, -0.25) is 71.5 Å². The zero-order chi connectivity index (χ0) is 102. The van der Waals surface area contributed by atoms with Crippen LogP contribution in [0.4, 0.5) is 35.2 Å². The molecular weight excluding hydrogens is 1890 g/mol. The fraction of sp³-hybridized carbons (Fsp3) is 0.153. The Morgan fingerprint density at radius 1 is 0.320 bits per heavy atom. The second-order valence-electron chi connectivity index (χ2n) is 36.3. The van der Waals surface area contributed by atoms with E-state index in [9.17, 15) is 19.2 Å². The number of nitrogens with two attached hydrogens (primary N) is 2. The van der Waals surface area contributed by atoms with Crippen molar-refractivity contribution in [1.29, 1.82) is 0 Å². The van der Waals surface area contributed by atoms with E-state index in [0.717, 1.165) is 135 Å². The van der Waals surface area contributed by atoms with E-state index in [1.54, 1.807) is 100 Å². The van der Waals surface area contributed by atoms with Gasteiger partial charge in [-0.05, 0) is 242 Å². The second-order valence-corrected chi connectivity index (χ2v) is 37.0. The molecule has 1 saturated carbocycles. The number of para-hydroxylation sites is 1. The summed E-state index contributed by atoms with van der Waals surface area (Å²) in [6, 6.07) is 70.9. The Labute approximate surface area is 849 Å². The van der Waals surface area contributed by atoms with Gasteiger partial charge in [0.25, 0.3) is 22.2 Å². The molecule has 0 bridgehead atoms. The SMILES string of the molecule is C[C@H](Nc1nc(Cl)nc2cccnc12)c1cc2cccc(-c3cnn(C)c3)c2c(=O)n1C1CC1.C[C@H](Nc1nc(N)nc2cccnc12)c1cc2cccc(-c3cnn(C)c3)c2c(=O)n1-c1ccccc1.Cc1cccc(-n2c([C@H](C)Nc3nc(Cl)nc4cccnc34)cc3cccc(-c4cnn(C)c4)c3c2=O)c1.Cc1cccc(-n2c([C@H](C)Nc3nc(N)nc4cccnc34)cc3cccc(-c4cnn(C)c4)c3c2=O)c1. The molecule has 24 rings (SSSR count). The van der Waals surface area contributed by atoms with Crippen LogP contribution in [0, 0.1) is 13.8 Å². The minimum atomic E-state index is -0.328. The van der Waals surface area contributed by atoms with Gasteiger partial charge in [0.1, 0.15) is 22.1 Å².